The van der Waals surface area contributed by atoms with E-state index in [1.54, 1.807) is 6.07 Å². The number of anilines is 1. The Bertz CT molecular complexity index is 453. The van der Waals surface area contributed by atoms with E-state index in [4.69, 9.17) is 0 Å². The van der Waals surface area contributed by atoms with E-state index < -0.39 is 12.0 Å². The summed E-state index contributed by atoms with van der Waals surface area (Å²) >= 11 is 1.40. The average Bonchev–Trinajstić information content (AvgIpc) is 2.80. The fraction of sp³-hybridized carbons (Fsp3) is 0.0833. The fourth-order valence-electron chi connectivity index (χ4n) is 1.40. The van der Waals surface area contributed by atoms with Gasteiger partial charge >= 0.3 is 0 Å². The Balaban J connectivity index is 2.19. The Hall–Kier alpha value is -1.81. The van der Waals surface area contributed by atoms with E-state index in [1.807, 2.05) is 41.8 Å². The number of aliphatic carboxylic acids is 1. The molecule has 0 amide bonds. The van der Waals surface area contributed by atoms with Gasteiger partial charge in [0.2, 0.25) is 0 Å². The molecular formula is C12H10NO2S-. The van der Waals surface area contributed by atoms with Gasteiger partial charge in [-0.3, -0.25) is 0 Å². The summed E-state index contributed by atoms with van der Waals surface area (Å²) in [5.41, 5.74) is 0.769. The summed E-state index contributed by atoms with van der Waals surface area (Å²) in [4.78, 5) is 11.8. The Kier molecular flexibility index (Phi) is 3.22. The van der Waals surface area contributed by atoms with Crippen molar-refractivity contribution in [3.63, 3.8) is 0 Å². The van der Waals surface area contributed by atoms with Gasteiger partial charge in [-0.2, -0.15) is 0 Å². The molecule has 82 valence electrons. The van der Waals surface area contributed by atoms with Gasteiger partial charge in [-0.25, -0.2) is 0 Å². The molecule has 3 nitrogen and oxygen atoms in total. The number of para-hydroxylation sites is 1. The Morgan fingerprint density at radius 1 is 1.19 bits per heavy atom. The molecule has 0 aliphatic rings. The SMILES string of the molecule is O=C([O-])[C@H](Nc1ccccc1)c1cccs1. The largest absolute Gasteiger partial charge is 0.547 e. The van der Waals surface area contributed by atoms with E-state index in [0.717, 1.165) is 10.6 Å². The second kappa shape index (κ2) is 4.81. The van der Waals surface area contributed by atoms with Crippen molar-refractivity contribution in [1.82, 2.24) is 0 Å². The molecule has 0 saturated carbocycles. The molecule has 1 N–H and O–H groups in total. The van der Waals surface area contributed by atoms with Gasteiger partial charge in [0.25, 0.3) is 0 Å². The number of thiophene rings is 1. The second-order valence-electron chi connectivity index (χ2n) is 3.28. The molecule has 0 radical (unpaired) electrons. The van der Waals surface area contributed by atoms with E-state index in [0.29, 0.717) is 0 Å². The first-order valence-corrected chi connectivity index (χ1v) is 5.71. The molecule has 0 unspecified atom stereocenters. The van der Waals surface area contributed by atoms with Crippen LogP contribution in [0.5, 0.6) is 0 Å². The third kappa shape index (κ3) is 2.41. The summed E-state index contributed by atoms with van der Waals surface area (Å²) in [5, 5.41) is 15.8. The molecule has 1 aromatic heterocycles. The molecule has 1 aromatic carbocycles. The van der Waals surface area contributed by atoms with Gasteiger partial charge in [0.05, 0.1) is 5.97 Å². The minimum atomic E-state index is -1.12. The van der Waals surface area contributed by atoms with Crippen molar-refractivity contribution < 1.29 is 9.90 Å². The quantitative estimate of drug-likeness (QED) is 0.872. The van der Waals surface area contributed by atoms with Crippen molar-refractivity contribution in [1.29, 1.82) is 0 Å². The molecule has 2 rings (SSSR count). The number of carboxylic acid groups (broad SMARTS) is 1. The first kappa shape index (κ1) is 10.7. The molecular weight excluding hydrogens is 222 g/mol. The van der Waals surface area contributed by atoms with Crippen LogP contribution >= 0.6 is 11.3 Å². The van der Waals surface area contributed by atoms with Crippen molar-refractivity contribution >= 4 is 23.0 Å². The number of nitrogens with one attached hydrogen (secondary N) is 1. The van der Waals surface area contributed by atoms with E-state index in [1.165, 1.54) is 11.3 Å². The maximum absolute atomic E-state index is 11.0. The number of benzene rings is 1. The van der Waals surface area contributed by atoms with E-state index >= 15 is 0 Å². The maximum atomic E-state index is 11.0. The van der Waals surface area contributed by atoms with Crippen molar-refractivity contribution in [3.05, 3.63) is 52.7 Å². The number of carbonyl (C=O) groups is 1. The minimum Gasteiger partial charge on any atom is -0.547 e. The Morgan fingerprint density at radius 2 is 1.94 bits per heavy atom. The van der Waals surface area contributed by atoms with Crippen LogP contribution in [0.3, 0.4) is 0 Å². The van der Waals surface area contributed by atoms with Gasteiger partial charge < -0.3 is 15.2 Å². The zero-order valence-corrected chi connectivity index (χ0v) is 9.24. The topological polar surface area (TPSA) is 52.2 Å². The molecule has 0 bridgehead atoms. The minimum absolute atomic E-state index is 0.740. The molecule has 0 spiro atoms. The first-order valence-electron chi connectivity index (χ1n) is 4.83. The van der Waals surface area contributed by atoms with Crippen LogP contribution in [0, 0.1) is 0 Å². The van der Waals surface area contributed by atoms with Gasteiger partial charge in [0.15, 0.2) is 0 Å². The normalized spacial score (nSPS) is 12.0. The van der Waals surface area contributed by atoms with Crippen molar-refractivity contribution in [2.75, 3.05) is 5.32 Å². The van der Waals surface area contributed by atoms with Crippen molar-refractivity contribution in [2.24, 2.45) is 0 Å². The second-order valence-corrected chi connectivity index (χ2v) is 4.26. The summed E-state index contributed by atoms with van der Waals surface area (Å²) in [5.74, 6) is -1.12. The maximum Gasteiger partial charge on any atom is 0.101 e. The molecule has 0 saturated heterocycles. The first-order chi connectivity index (χ1) is 7.77. The highest BCUT2D eigenvalue weighted by molar-refractivity contribution is 7.10. The molecule has 0 aliphatic carbocycles. The highest BCUT2D eigenvalue weighted by Gasteiger charge is 2.13. The van der Waals surface area contributed by atoms with Crippen LogP contribution in [0.1, 0.15) is 10.9 Å². The van der Waals surface area contributed by atoms with Gasteiger partial charge in [-0.15, -0.1) is 11.3 Å². The molecule has 1 atom stereocenters. The fourth-order valence-corrected chi connectivity index (χ4v) is 2.17. The molecule has 0 fully saturated rings. The summed E-state index contributed by atoms with van der Waals surface area (Å²) < 4.78 is 0. The van der Waals surface area contributed by atoms with Crippen molar-refractivity contribution in [2.45, 2.75) is 6.04 Å². The predicted octanol–water partition coefficient (Wildman–Crippen LogP) is 1.65. The summed E-state index contributed by atoms with van der Waals surface area (Å²) in [7, 11) is 0. The number of rotatable bonds is 4. The number of hydrogen-bond acceptors (Lipinski definition) is 4. The standard InChI is InChI=1S/C12H11NO2S/c14-12(15)11(10-7-4-8-16-10)13-9-5-2-1-3-6-9/h1-8,11,13H,(H,14,15)/p-1/t11-/m1/s1. The third-order valence-corrected chi connectivity index (χ3v) is 3.09. The van der Waals surface area contributed by atoms with Crippen LogP contribution in [-0.4, -0.2) is 5.97 Å². The lowest BCUT2D eigenvalue weighted by Gasteiger charge is -2.19. The van der Waals surface area contributed by atoms with Gasteiger partial charge in [-0.05, 0) is 23.6 Å². The summed E-state index contributed by atoms with van der Waals surface area (Å²) in [6, 6.07) is 12.0. The Morgan fingerprint density at radius 3 is 2.50 bits per heavy atom. The zero-order valence-electron chi connectivity index (χ0n) is 8.42. The monoisotopic (exact) mass is 232 g/mol. The lowest BCUT2D eigenvalue weighted by atomic mass is 10.2. The van der Waals surface area contributed by atoms with Gasteiger partial charge in [0, 0.05) is 10.6 Å². The van der Waals surface area contributed by atoms with E-state index in [9.17, 15) is 9.90 Å². The summed E-state index contributed by atoms with van der Waals surface area (Å²) in [6.07, 6.45) is 0. The average molecular weight is 232 g/mol. The third-order valence-electron chi connectivity index (χ3n) is 2.15. The summed E-state index contributed by atoms with van der Waals surface area (Å²) in [6.45, 7) is 0. The highest BCUT2D eigenvalue weighted by Crippen LogP contribution is 2.22. The smallest absolute Gasteiger partial charge is 0.101 e. The number of carboxylic acids is 1. The van der Waals surface area contributed by atoms with Crippen LogP contribution in [0.2, 0.25) is 0 Å². The number of carbonyl (C=O) groups excluding carboxylic acids is 1. The van der Waals surface area contributed by atoms with Gasteiger partial charge in [0.1, 0.15) is 6.04 Å². The number of hydrogen-bond donors (Lipinski definition) is 1. The predicted molar refractivity (Wildman–Crippen MR) is 62.1 cm³/mol. The molecule has 1 heterocycles. The molecule has 0 aliphatic heterocycles. The van der Waals surface area contributed by atoms with E-state index in [-0.39, 0.29) is 0 Å². The van der Waals surface area contributed by atoms with Crippen LogP contribution in [-0.2, 0) is 4.79 Å². The van der Waals surface area contributed by atoms with E-state index in [2.05, 4.69) is 5.32 Å². The van der Waals surface area contributed by atoms with Crippen LogP contribution < -0.4 is 10.4 Å². The van der Waals surface area contributed by atoms with Gasteiger partial charge in [-0.1, -0.05) is 24.3 Å². The lowest BCUT2D eigenvalue weighted by Crippen LogP contribution is -2.33. The molecule has 16 heavy (non-hydrogen) atoms. The zero-order chi connectivity index (χ0) is 11.4. The molecule has 2 aromatic rings. The van der Waals surface area contributed by atoms with Crippen LogP contribution in [0.15, 0.2) is 47.8 Å². The Labute approximate surface area is 97.4 Å². The van der Waals surface area contributed by atoms with Crippen LogP contribution in [0.25, 0.3) is 0 Å². The highest BCUT2D eigenvalue weighted by atomic mass is 32.1. The lowest BCUT2D eigenvalue weighted by molar-refractivity contribution is -0.307. The van der Waals surface area contributed by atoms with Crippen molar-refractivity contribution in [3.8, 4) is 0 Å². The van der Waals surface area contributed by atoms with Crippen LogP contribution in [0.4, 0.5) is 5.69 Å². The molecule has 4 heteroatoms.